The molecule has 0 radical (unpaired) electrons. The fraction of sp³-hybridized carbons (Fsp3) is 0.945. The smallest absolute Gasteiger partial charge is 0.462 e. The molecule has 3 N–H and O–H groups in total. The molecule has 0 aromatic carbocycles. The van der Waals surface area contributed by atoms with Crippen LogP contribution in [0.15, 0.2) is 0 Å². The summed E-state index contributed by atoms with van der Waals surface area (Å²) >= 11 is 0. The first kappa shape index (κ1) is 90.1. The van der Waals surface area contributed by atoms with Gasteiger partial charge in [-0.3, -0.25) is 37.3 Å². The van der Waals surface area contributed by atoms with Crippen LogP contribution in [0.4, 0.5) is 0 Å². The molecule has 6 atom stereocenters. The van der Waals surface area contributed by atoms with E-state index in [-0.39, 0.29) is 25.7 Å². The maximum absolute atomic E-state index is 13.0. The van der Waals surface area contributed by atoms with Gasteiger partial charge in [-0.1, -0.05) is 312 Å². The fourth-order valence-corrected chi connectivity index (χ4v) is 12.6. The number of aliphatic hydroxyl groups excluding tert-OH is 1. The largest absolute Gasteiger partial charge is 0.472 e. The second kappa shape index (κ2) is 62.6. The van der Waals surface area contributed by atoms with Crippen molar-refractivity contribution in [3.8, 4) is 0 Å². The van der Waals surface area contributed by atoms with E-state index in [1.165, 1.54) is 161 Å². The highest BCUT2D eigenvalue weighted by molar-refractivity contribution is 7.47. The average molecular weight is 1350 g/mol. The summed E-state index contributed by atoms with van der Waals surface area (Å²) in [5, 5.41) is 10.6. The van der Waals surface area contributed by atoms with Gasteiger partial charge >= 0.3 is 39.5 Å². The molecule has 0 saturated heterocycles. The lowest BCUT2D eigenvalue weighted by molar-refractivity contribution is -0.161. The van der Waals surface area contributed by atoms with E-state index in [2.05, 4.69) is 55.4 Å². The summed E-state index contributed by atoms with van der Waals surface area (Å²) in [5.74, 6) is 0.837. The first-order valence-electron chi connectivity index (χ1n) is 37.7. The number of aliphatic hydroxyl groups is 1. The van der Waals surface area contributed by atoms with Gasteiger partial charge in [0.2, 0.25) is 0 Å². The highest BCUT2D eigenvalue weighted by Gasteiger charge is 2.30. The van der Waals surface area contributed by atoms with Gasteiger partial charge in [-0.15, -0.1) is 0 Å². The van der Waals surface area contributed by atoms with Crippen LogP contribution in [-0.4, -0.2) is 96.7 Å². The maximum Gasteiger partial charge on any atom is 0.472 e. The molecule has 3 unspecified atom stereocenters. The average Bonchev–Trinajstić information content (AvgIpc) is 2.70. The molecule has 0 aliphatic heterocycles. The van der Waals surface area contributed by atoms with Crippen molar-refractivity contribution >= 4 is 39.5 Å². The Morgan fingerprint density at radius 2 is 0.522 bits per heavy atom. The van der Waals surface area contributed by atoms with Crippen molar-refractivity contribution in [1.82, 2.24) is 0 Å². The molecule has 0 spiro atoms. The van der Waals surface area contributed by atoms with Gasteiger partial charge in [0.15, 0.2) is 12.2 Å². The Labute approximate surface area is 562 Å². The summed E-state index contributed by atoms with van der Waals surface area (Å²) in [6, 6.07) is 0. The van der Waals surface area contributed by atoms with Gasteiger partial charge in [0, 0.05) is 25.7 Å². The van der Waals surface area contributed by atoms with Gasteiger partial charge in [0.25, 0.3) is 0 Å². The minimum atomic E-state index is -4.95. The zero-order chi connectivity index (χ0) is 68.2. The molecule has 0 fully saturated rings. The van der Waals surface area contributed by atoms with Crippen molar-refractivity contribution < 1.29 is 80.2 Å². The third kappa shape index (κ3) is 65.4. The van der Waals surface area contributed by atoms with Crippen LogP contribution in [0.5, 0.6) is 0 Å². The molecule has 92 heavy (non-hydrogen) atoms. The predicted molar refractivity (Wildman–Crippen MR) is 372 cm³/mol. The molecule has 0 aromatic rings. The summed E-state index contributed by atoms with van der Waals surface area (Å²) in [5.41, 5.74) is 0. The van der Waals surface area contributed by atoms with Crippen molar-refractivity contribution in [2.24, 2.45) is 23.7 Å². The van der Waals surface area contributed by atoms with E-state index in [1.54, 1.807) is 0 Å². The van der Waals surface area contributed by atoms with Gasteiger partial charge < -0.3 is 33.8 Å². The molecule has 546 valence electrons. The molecule has 17 nitrogen and oxygen atoms in total. The van der Waals surface area contributed by atoms with Crippen molar-refractivity contribution in [3.63, 3.8) is 0 Å². The molecule has 0 amide bonds. The van der Waals surface area contributed by atoms with Crippen LogP contribution in [0.3, 0.4) is 0 Å². The van der Waals surface area contributed by atoms with Crippen LogP contribution in [0.25, 0.3) is 0 Å². The Morgan fingerprint density at radius 3 is 0.772 bits per heavy atom. The standard InChI is InChI=1S/C73H142O17P2/c1-9-66(8)52-44-36-31-32-38-46-54-71(76)84-60-69(89-72(77)55-47-39-29-23-22-26-34-42-50-64(4)5)62-88-92(81,82)86-58-67(74)57-85-91(79,80)87-61-68(90-73(78)56-48-40-30-24-27-35-43-51-65(6)7)59-83-70(75)53-45-37-28-21-19-17-15-13-11-10-12-14-16-18-20-25-33-41-49-63(2)3/h63-69,74H,9-62H2,1-8H3,(H,79,80)(H,81,82)/t66?,67-,68-,69-/m1/s1. The zero-order valence-corrected chi connectivity index (χ0v) is 62.0. The van der Waals surface area contributed by atoms with Crippen LogP contribution in [0, 0.1) is 23.7 Å². The highest BCUT2D eigenvalue weighted by atomic mass is 31.2. The van der Waals surface area contributed by atoms with E-state index in [9.17, 15) is 43.2 Å². The zero-order valence-electron chi connectivity index (χ0n) is 60.2. The maximum atomic E-state index is 13.0. The molecule has 0 saturated carbocycles. The summed E-state index contributed by atoms with van der Waals surface area (Å²) in [7, 11) is -9.90. The van der Waals surface area contributed by atoms with Crippen molar-refractivity contribution in [1.29, 1.82) is 0 Å². The van der Waals surface area contributed by atoms with Crippen LogP contribution in [-0.2, 0) is 65.4 Å². The van der Waals surface area contributed by atoms with Gasteiger partial charge in [-0.05, 0) is 49.4 Å². The van der Waals surface area contributed by atoms with Gasteiger partial charge in [-0.2, -0.15) is 0 Å². The van der Waals surface area contributed by atoms with Gasteiger partial charge in [-0.25, -0.2) is 9.13 Å². The number of hydrogen-bond acceptors (Lipinski definition) is 15. The summed E-state index contributed by atoms with van der Waals surface area (Å²) in [6.45, 7) is 14.1. The number of esters is 4. The topological polar surface area (TPSA) is 237 Å². The Bertz CT molecular complexity index is 1820. The van der Waals surface area contributed by atoms with Crippen LogP contribution < -0.4 is 0 Å². The molecule has 0 aliphatic carbocycles. The van der Waals surface area contributed by atoms with E-state index in [4.69, 9.17) is 37.0 Å². The number of rotatable bonds is 70. The molecule has 0 rings (SSSR count). The van der Waals surface area contributed by atoms with Crippen LogP contribution in [0.1, 0.15) is 364 Å². The van der Waals surface area contributed by atoms with Crippen molar-refractivity contribution in [2.45, 2.75) is 382 Å². The van der Waals surface area contributed by atoms with E-state index < -0.39 is 97.5 Å². The van der Waals surface area contributed by atoms with E-state index in [0.29, 0.717) is 31.6 Å². The highest BCUT2D eigenvalue weighted by Crippen LogP contribution is 2.45. The van der Waals surface area contributed by atoms with E-state index in [0.717, 1.165) is 114 Å². The minimum absolute atomic E-state index is 0.103. The molecule has 0 aliphatic rings. The molecule has 0 bridgehead atoms. The number of ether oxygens (including phenoxy) is 4. The molecular weight excluding hydrogens is 1210 g/mol. The molecular formula is C73H142O17P2. The monoisotopic (exact) mass is 1350 g/mol. The fourth-order valence-electron chi connectivity index (χ4n) is 11.0. The molecule has 19 heteroatoms. The second-order valence-corrected chi connectivity index (χ2v) is 30.9. The number of unbranched alkanes of at least 4 members (excludes halogenated alkanes) is 35. The lowest BCUT2D eigenvalue weighted by Crippen LogP contribution is -2.30. The number of hydrogen-bond donors (Lipinski definition) is 3. The number of carbonyl (C=O) groups is 4. The second-order valence-electron chi connectivity index (χ2n) is 28.0. The third-order valence-electron chi connectivity index (χ3n) is 17.2. The van der Waals surface area contributed by atoms with Crippen LogP contribution >= 0.6 is 15.6 Å². The summed E-state index contributed by atoms with van der Waals surface area (Å²) in [4.78, 5) is 72.6. The Balaban J connectivity index is 5.13. The third-order valence-corrected chi connectivity index (χ3v) is 19.1. The quantitative estimate of drug-likeness (QED) is 0.0222. The predicted octanol–water partition coefficient (Wildman–Crippen LogP) is 20.9. The van der Waals surface area contributed by atoms with Crippen molar-refractivity contribution in [2.75, 3.05) is 39.6 Å². The summed E-state index contributed by atoms with van der Waals surface area (Å²) in [6.07, 6.45) is 46.2. The van der Waals surface area contributed by atoms with E-state index in [1.807, 2.05) is 0 Å². The first-order chi connectivity index (χ1) is 44.1. The van der Waals surface area contributed by atoms with Gasteiger partial charge in [0.1, 0.15) is 19.3 Å². The first-order valence-corrected chi connectivity index (χ1v) is 40.7. The van der Waals surface area contributed by atoms with Crippen LogP contribution in [0.2, 0.25) is 0 Å². The Hall–Kier alpha value is -1.94. The molecule has 0 aromatic heterocycles. The van der Waals surface area contributed by atoms with Gasteiger partial charge in [0.05, 0.1) is 26.4 Å². The Morgan fingerprint density at radius 1 is 0.304 bits per heavy atom. The van der Waals surface area contributed by atoms with E-state index >= 15 is 0 Å². The number of phosphoric acid groups is 2. The number of carbonyl (C=O) groups excluding carboxylic acids is 4. The summed E-state index contributed by atoms with van der Waals surface area (Å²) < 4.78 is 68.3. The normalized spacial score (nSPS) is 14.5. The SMILES string of the molecule is CCC(C)CCCCCCCCC(=O)OC[C@H](COP(=O)(O)OC[C@H](O)COP(=O)(O)OC[C@@H](COC(=O)CCCCCCCCCCCCCCCCCCCCC(C)C)OC(=O)CCCCCCCCCC(C)C)OC(=O)CCCCCCCCCCC(C)C. The molecule has 0 heterocycles. The lowest BCUT2D eigenvalue weighted by Gasteiger charge is -2.21. The Kier molecular flexibility index (Phi) is 61.3. The number of phosphoric ester groups is 2. The van der Waals surface area contributed by atoms with Crippen molar-refractivity contribution in [3.05, 3.63) is 0 Å². The lowest BCUT2D eigenvalue weighted by atomic mass is 10.00. The minimum Gasteiger partial charge on any atom is -0.462 e.